The molecule has 1 aromatic heterocycles. The molecule has 0 unspecified atom stereocenters. The maximum atomic E-state index is 7.65. The summed E-state index contributed by atoms with van der Waals surface area (Å²) < 4.78 is 0. The van der Waals surface area contributed by atoms with Crippen molar-refractivity contribution in [2.75, 3.05) is 13.1 Å². The number of nitrogens with zero attached hydrogens (tertiary/aromatic N) is 3. The highest BCUT2D eigenvalue weighted by molar-refractivity contribution is 5.26. The molecule has 0 N–H and O–H groups in total. The van der Waals surface area contributed by atoms with Gasteiger partial charge in [0.2, 0.25) is 0 Å². The first kappa shape index (κ1) is 13.8. The Hall–Kier alpha value is -2.18. The number of pyridine rings is 1. The molecule has 0 aliphatic carbocycles. The predicted octanol–water partition coefficient (Wildman–Crippen LogP) is 3.49. The molecule has 3 nitrogen and oxygen atoms in total. The van der Waals surface area contributed by atoms with Crippen molar-refractivity contribution >= 4 is 0 Å². The van der Waals surface area contributed by atoms with Crippen molar-refractivity contribution in [3.63, 3.8) is 0 Å². The van der Waals surface area contributed by atoms with Gasteiger partial charge in [-0.05, 0) is 17.7 Å². The standard InChI is InChI=1S/C18H19N3/c1-19-18(17-8-5-11-20-14-17)9-12-21(13-10-18)15-16-6-3-2-4-7-16/h2-8,11,14H,9-10,12-13,15H2. The summed E-state index contributed by atoms with van der Waals surface area (Å²) >= 11 is 0. The van der Waals surface area contributed by atoms with Crippen LogP contribution in [0.2, 0.25) is 0 Å². The van der Waals surface area contributed by atoms with Gasteiger partial charge in [-0.3, -0.25) is 9.88 Å². The lowest BCUT2D eigenvalue weighted by Gasteiger charge is -2.34. The van der Waals surface area contributed by atoms with E-state index in [-0.39, 0.29) is 5.54 Å². The third-order valence-electron chi connectivity index (χ3n) is 4.35. The van der Waals surface area contributed by atoms with Crippen molar-refractivity contribution in [2.45, 2.75) is 24.9 Å². The van der Waals surface area contributed by atoms with Crippen LogP contribution < -0.4 is 0 Å². The monoisotopic (exact) mass is 277 g/mol. The molecule has 2 aromatic rings. The molecule has 0 spiro atoms. The molecule has 0 bridgehead atoms. The van der Waals surface area contributed by atoms with E-state index in [0.717, 1.165) is 38.0 Å². The first-order valence-electron chi connectivity index (χ1n) is 7.38. The minimum atomic E-state index is -0.374. The molecular weight excluding hydrogens is 258 g/mol. The molecule has 1 aliphatic heterocycles. The highest BCUT2D eigenvalue weighted by Gasteiger charge is 2.42. The van der Waals surface area contributed by atoms with Gasteiger partial charge in [0, 0.05) is 44.9 Å². The van der Waals surface area contributed by atoms with Crippen LogP contribution in [0.1, 0.15) is 24.0 Å². The van der Waals surface area contributed by atoms with Crippen molar-refractivity contribution in [3.8, 4) is 0 Å². The molecule has 3 heteroatoms. The van der Waals surface area contributed by atoms with Crippen LogP contribution in [0.4, 0.5) is 0 Å². The van der Waals surface area contributed by atoms with Crippen LogP contribution in [0.5, 0.6) is 0 Å². The lowest BCUT2D eigenvalue weighted by molar-refractivity contribution is 0.174. The summed E-state index contributed by atoms with van der Waals surface area (Å²) in [4.78, 5) is 10.6. The highest BCUT2D eigenvalue weighted by Crippen LogP contribution is 2.36. The molecular formula is C18H19N3. The van der Waals surface area contributed by atoms with E-state index in [2.05, 4.69) is 39.0 Å². The average Bonchev–Trinajstić information content (AvgIpc) is 2.58. The first-order valence-corrected chi connectivity index (χ1v) is 7.38. The normalized spacial score (nSPS) is 18.0. The van der Waals surface area contributed by atoms with Crippen molar-refractivity contribution < 1.29 is 0 Å². The van der Waals surface area contributed by atoms with Crippen LogP contribution >= 0.6 is 0 Å². The predicted molar refractivity (Wildman–Crippen MR) is 83.5 cm³/mol. The summed E-state index contributed by atoms with van der Waals surface area (Å²) in [6, 6.07) is 14.5. The van der Waals surface area contributed by atoms with E-state index in [0.29, 0.717) is 0 Å². The van der Waals surface area contributed by atoms with E-state index in [4.69, 9.17) is 6.57 Å². The molecule has 1 saturated heterocycles. The molecule has 0 amide bonds. The maximum Gasteiger partial charge on any atom is 0.261 e. The molecule has 0 radical (unpaired) electrons. The summed E-state index contributed by atoms with van der Waals surface area (Å²) in [5.41, 5.74) is 2.04. The Labute approximate surface area is 126 Å². The molecule has 1 fully saturated rings. The third kappa shape index (κ3) is 2.96. The lowest BCUT2D eigenvalue weighted by atomic mass is 9.82. The van der Waals surface area contributed by atoms with E-state index in [1.165, 1.54) is 5.56 Å². The first-order chi connectivity index (χ1) is 10.3. The summed E-state index contributed by atoms with van der Waals surface area (Å²) in [5.74, 6) is 0. The fourth-order valence-electron chi connectivity index (χ4n) is 3.03. The molecule has 106 valence electrons. The minimum Gasteiger partial charge on any atom is -0.305 e. The Balaban J connectivity index is 1.68. The van der Waals surface area contributed by atoms with Crippen LogP contribution in [0.25, 0.3) is 4.85 Å². The molecule has 3 rings (SSSR count). The van der Waals surface area contributed by atoms with E-state index < -0.39 is 0 Å². The Morgan fingerprint density at radius 2 is 1.86 bits per heavy atom. The van der Waals surface area contributed by atoms with E-state index in [9.17, 15) is 0 Å². The smallest absolute Gasteiger partial charge is 0.261 e. The number of hydrogen-bond acceptors (Lipinski definition) is 2. The van der Waals surface area contributed by atoms with E-state index in [1.54, 1.807) is 6.20 Å². The largest absolute Gasteiger partial charge is 0.305 e. The summed E-state index contributed by atoms with van der Waals surface area (Å²) in [5, 5.41) is 0. The van der Waals surface area contributed by atoms with Crippen molar-refractivity contribution in [2.24, 2.45) is 0 Å². The van der Waals surface area contributed by atoms with E-state index in [1.807, 2.05) is 24.4 Å². The van der Waals surface area contributed by atoms with Gasteiger partial charge in [0.1, 0.15) is 0 Å². The van der Waals surface area contributed by atoms with Gasteiger partial charge in [-0.1, -0.05) is 30.3 Å². The Morgan fingerprint density at radius 3 is 2.48 bits per heavy atom. The molecule has 1 aliphatic rings. The second-order valence-corrected chi connectivity index (χ2v) is 5.65. The van der Waals surface area contributed by atoms with Gasteiger partial charge in [-0.15, -0.1) is 0 Å². The number of likely N-dealkylation sites (tertiary alicyclic amines) is 1. The quantitative estimate of drug-likeness (QED) is 0.800. The Morgan fingerprint density at radius 1 is 1.10 bits per heavy atom. The van der Waals surface area contributed by atoms with Crippen LogP contribution in [0, 0.1) is 6.57 Å². The second-order valence-electron chi connectivity index (χ2n) is 5.65. The SMILES string of the molecule is [C-]#[N+]C1(c2cccnc2)CCN(Cc2ccccc2)CC1. The topological polar surface area (TPSA) is 20.5 Å². The molecule has 2 heterocycles. The number of hydrogen-bond donors (Lipinski definition) is 0. The number of piperidine rings is 1. The van der Waals surface area contributed by atoms with Crippen LogP contribution in [0.15, 0.2) is 54.9 Å². The third-order valence-corrected chi connectivity index (χ3v) is 4.35. The van der Waals surface area contributed by atoms with Gasteiger partial charge in [0.25, 0.3) is 5.54 Å². The lowest BCUT2D eigenvalue weighted by Crippen LogP contribution is -2.40. The molecule has 1 aromatic carbocycles. The minimum absolute atomic E-state index is 0.374. The van der Waals surface area contributed by atoms with Gasteiger partial charge in [-0.25, -0.2) is 6.57 Å². The highest BCUT2D eigenvalue weighted by atomic mass is 15.1. The van der Waals surface area contributed by atoms with Gasteiger partial charge < -0.3 is 4.85 Å². The fraction of sp³-hybridized carbons (Fsp3) is 0.333. The maximum absolute atomic E-state index is 7.65. The average molecular weight is 277 g/mol. The van der Waals surface area contributed by atoms with E-state index >= 15 is 0 Å². The van der Waals surface area contributed by atoms with Crippen molar-refractivity contribution in [1.29, 1.82) is 0 Å². The zero-order chi connectivity index (χ0) is 14.5. The summed E-state index contributed by atoms with van der Waals surface area (Å²) in [7, 11) is 0. The van der Waals surface area contributed by atoms with Crippen LogP contribution in [-0.2, 0) is 12.1 Å². The number of benzene rings is 1. The van der Waals surface area contributed by atoms with Crippen LogP contribution in [0.3, 0.4) is 0 Å². The van der Waals surface area contributed by atoms with Gasteiger partial charge in [0.05, 0.1) is 5.56 Å². The molecule has 0 saturated carbocycles. The van der Waals surface area contributed by atoms with Gasteiger partial charge in [0.15, 0.2) is 0 Å². The fourth-order valence-corrected chi connectivity index (χ4v) is 3.03. The number of aromatic nitrogens is 1. The van der Waals surface area contributed by atoms with Crippen molar-refractivity contribution in [3.05, 3.63) is 77.4 Å². The zero-order valence-electron chi connectivity index (χ0n) is 12.1. The van der Waals surface area contributed by atoms with Gasteiger partial charge in [-0.2, -0.15) is 0 Å². The second kappa shape index (κ2) is 6.07. The summed E-state index contributed by atoms with van der Waals surface area (Å²) in [6.45, 7) is 10.6. The van der Waals surface area contributed by atoms with Gasteiger partial charge >= 0.3 is 0 Å². The van der Waals surface area contributed by atoms with Crippen LogP contribution in [-0.4, -0.2) is 23.0 Å². The zero-order valence-corrected chi connectivity index (χ0v) is 12.1. The Bertz CT molecular complexity index is 608. The number of rotatable bonds is 3. The molecule has 21 heavy (non-hydrogen) atoms. The summed E-state index contributed by atoms with van der Waals surface area (Å²) in [6.07, 6.45) is 5.39. The Kier molecular flexibility index (Phi) is 3.98. The van der Waals surface area contributed by atoms with Crippen molar-refractivity contribution in [1.82, 2.24) is 9.88 Å². The molecule has 0 atom stereocenters.